The number of halogens is 2. The second kappa shape index (κ2) is 6.34. The Morgan fingerprint density at radius 3 is 2.73 bits per heavy atom. The normalized spacial score (nSPS) is 24.6. The maximum atomic E-state index is 13.1. The Bertz CT molecular complexity index is 872. The first kappa shape index (κ1) is 18.0. The van der Waals surface area contributed by atoms with Crippen molar-refractivity contribution >= 4 is 28.3 Å². The predicted octanol–water partition coefficient (Wildman–Crippen LogP) is 5.97. The van der Waals surface area contributed by atoms with Crippen LogP contribution in [0.4, 0.5) is 8.78 Å². The third-order valence-electron chi connectivity index (χ3n) is 5.79. The van der Waals surface area contributed by atoms with Crippen molar-refractivity contribution in [1.82, 2.24) is 0 Å². The molecule has 2 nitrogen and oxygen atoms in total. The quantitative estimate of drug-likeness (QED) is 0.683. The minimum absolute atomic E-state index is 0.0226. The average Bonchev–Trinajstić information content (AvgIpc) is 3.04. The molecule has 1 atom stereocenters. The molecule has 1 aromatic carbocycles. The second-order valence-electron chi connectivity index (χ2n) is 7.67. The third-order valence-corrected chi connectivity index (χ3v) is 7.83. The van der Waals surface area contributed by atoms with E-state index in [2.05, 4.69) is 19.9 Å². The van der Waals surface area contributed by atoms with Gasteiger partial charge in [0, 0.05) is 21.1 Å². The van der Waals surface area contributed by atoms with Crippen molar-refractivity contribution in [3.05, 3.63) is 46.3 Å². The highest BCUT2D eigenvalue weighted by Crippen LogP contribution is 2.57. The van der Waals surface area contributed by atoms with Crippen LogP contribution in [-0.2, 0) is 12.0 Å². The average molecular weight is 393 g/mol. The van der Waals surface area contributed by atoms with Gasteiger partial charge in [0.05, 0.1) is 5.54 Å². The zero-order valence-electron chi connectivity index (χ0n) is 14.9. The van der Waals surface area contributed by atoms with E-state index in [1.54, 1.807) is 35.2 Å². The van der Waals surface area contributed by atoms with Gasteiger partial charge < -0.3 is 5.73 Å². The van der Waals surface area contributed by atoms with Crippen LogP contribution in [0.1, 0.15) is 49.1 Å². The summed E-state index contributed by atoms with van der Waals surface area (Å²) in [6.45, 7) is 4.55. The molecule has 138 valence electrons. The van der Waals surface area contributed by atoms with Crippen LogP contribution < -0.4 is 5.73 Å². The van der Waals surface area contributed by atoms with Gasteiger partial charge in [-0.2, -0.15) is 0 Å². The number of alkyl halides is 2. The first-order chi connectivity index (χ1) is 12.3. The molecule has 0 fully saturated rings. The molecule has 0 amide bonds. The van der Waals surface area contributed by atoms with Crippen LogP contribution in [0.2, 0.25) is 0 Å². The maximum Gasteiger partial charge on any atom is 0.263 e. The van der Waals surface area contributed by atoms with Crippen molar-refractivity contribution in [3.8, 4) is 10.4 Å². The van der Waals surface area contributed by atoms with Crippen molar-refractivity contribution in [2.45, 2.75) is 45.1 Å². The molecule has 26 heavy (non-hydrogen) atoms. The zero-order chi connectivity index (χ0) is 18.5. The first-order valence-electron chi connectivity index (χ1n) is 8.82. The summed E-state index contributed by atoms with van der Waals surface area (Å²) in [6, 6.07) is 8.89. The van der Waals surface area contributed by atoms with Gasteiger partial charge in [0.15, 0.2) is 5.17 Å². The molecular weight excluding hydrogens is 370 g/mol. The number of thioether (sulfide) groups is 1. The highest BCUT2D eigenvalue weighted by atomic mass is 32.2. The van der Waals surface area contributed by atoms with E-state index in [1.165, 1.54) is 16.5 Å². The van der Waals surface area contributed by atoms with E-state index in [0.717, 1.165) is 35.5 Å². The fourth-order valence-corrected chi connectivity index (χ4v) is 6.25. The van der Waals surface area contributed by atoms with Crippen LogP contribution in [0.3, 0.4) is 0 Å². The molecule has 2 aromatic rings. The van der Waals surface area contributed by atoms with Gasteiger partial charge in [0.1, 0.15) is 0 Å². The van der Waals surface area contributed by atoms with Crippen molar-refractivity contribution in [2.75, 3.05) is 5.75 Å². The molecule has 1 aliphatic heterocycles. The lowest BCUT2D eigenvalue weighted by molar-refractivity contribution is 0.134. The van der Waals surface area contributed by atoms with Crippen LogP contribution in [0.5, 0.6) is 0 Å². The molecule has 0 bridgehead atoms. The highest BCUT2D eigenvalue weighted by molar-refractivity contribution is 8.13. The Balaban J connectivity index is 1.85. The number of hydrogen-bond acceptors (Lipinski definition) is 4. The van der Waals surface area contributed by atoms with Crippen LogP contribution in [0.15, 0.2) is 35.3 Å². The molecule has 1 aliphatic carbocycles. The molecule has 0 saturated heterocycles. The smallest absolute Gasteiger partial charge is 0.263 e. The highest BCUT2D eigenvalue weighted by Gasteiger charge is 2.51. The van der Waals surface area contributed by atoms with Gasteiger partial charge in [-0.25, -0.2) is 8.78 Å². The number of thiophene rings is 1. The number of nitrogens with two attached hydrogens (primary N) is 1. The third kappa shape index (κ3) is 2.78. The molecule has 6 heteroatoms. The molecular formula is C20H22F2N2S2. The lowest BCUT2D eigenvalue weighted by atomic mass is 9.61. The largest absolute Gasteiger partial charge is 0.379 e. The summed E-state index contributed by atoms with van der Waals surface area (Å²) < 4.78 is 26.2. The van der Waals surface area contributed by atoms with Gasteiger partial charge in [-0.15, -0.1) is 11.3 Å². The Morgan fingerprint density at radius 2 is 2.00 bits per heavy atom. The molecule has 0 radical (unpaired) electrons. The summed E-state index contributed by atoms with van der Waals surface area (Å²) in [5, 5.41) is 0.657. The maximum absolute atomic E-state index is 13.1. The summed E-state index contributed by atoms with van der Waals surface area (Å²) in [6.07, 6.45) is 0.574. The SMILES string of the molecule is CC1(C)CCc2sc(-c3cccc(C(F)F)c3)cc2C12CCSC(N)=N2. The van der Waals surface area contributed by atoms with Crippen LogP contribution in [0.25, 0.3) is 10.4 Å². The number of fused-ring (bicyclic) bond motifs is 2. The van der Waals surface area contributed by atoms with Gasteiger partial charge in [0.2, 0.25) is 0 Å². The topological polar surface area (TPSA) is 38.4 Å². The summed E-state index contributed by atoms with van der Waals surface area (Å²) in [5.74, 6) is 0.963. The standard InChI is InChI=1S/C20H22F2N2S2/c1-19(2)7-6-15-14(20(19)8-9-25-18(23)24-20)11-16(26-15)12-4-3-5-13(10-12)17(21)22/h3-5,10-11,17H,6-9H2,1-2H3,(H2,23,24). The summed E-state index contributed by atoms with van der Waals surface area (Å²) >= 11 is 3.33. The number of rotatable bonds is 2. The van der Waals surface area contributed by atoms with Crippen molar-refractivity contribution in [2.24, 2.45) is 16.1 Å². The summed E-state index contributed by atoms with van der Waals surface area (Å²) in [5.41, 5.74) is 8.02. The van der Waals surface area contributed by atoms with E-state index in [9.17, 15) is 8.78 Å². The molecule has 4 rings (SSSR count). The summed E-state index contributed by atoms with van der Waals surface area (Å²) in [7, 11) is 0. The number of aliphatic imine (C=N–C) groups is 1. The predicted molar refractivity (Wildman–Crippen MR) is 107 cm³/mol. The monoisotopic (exact) mass is 392 g/mol. The molecule has 2 N–H and O–H groups in total. The number of aryl methyl sites for hydroxylation is 1. The van der Waals surface area contributed by atoms with E-state index in [4.69, 9.17) is 10.7 Å². The fraction of sp³-hybridized carbons (Fsp3) is 0.450. The molecule has 0 saturated carbocycles. The Hall–Kier alpha value is -1.40. The van der Waals surface area contributed by atoms with E-state index in [1.807, 2.05) is 6.07 Å². The molecule has 2 aliphatic rings. The minimum Gasteiger partial charge on any atom is -0.379 e. The van der Waals surface area contributed by atoms with Gasteiger partial charge >= 0.3 is 0 Å². The first-order valence-corrected chi connectivity index (χ1v) is 10.6. The zero-order valence-corrected chi connectivity index (χ0v) is 16.5. The van der Waals surface area contributed by atoms with Gasteiger partial charge in [-0.05, 0) is 47.9 Å². The lowest BCUT2D eigenvalue weighted by Crippen LogP contribution is -2.47. The second-order valence-corrected chi connectivity index (χ2v) is 9.92. The molecule has 1 spiro atoms. The van der Waals surface area contributed by atoms with Crippen molar-refractivity contribution < 1.29 is 8.78 Å². The van der Waals surface area contributed by atoms with Crippen molar-refractivity contribution in [1.29, 1.82) is 0 Å². The van der Waals surface area contributed by atoms with Crippen LogP contribution in [0, 0.1) is 5.41 Å². The van der Waals surface area contributed by atoms with Crippen molar-refractivity contribution in [3.63, 3.8) is 0 Å². The number of nitrogens with zero attached hydrogens (tertiary/aromatic N) is 1. The summed E-state index contributed by atoms with van der Waals surface area (Å²) in [4.78, 5) is 7.33. The van der Waals surface area contributed by atoms with E-state index in [0.29, 0.717) is 5.17 Å². The van der Waals surface area contributed by atoms with Crippen LogP contribution in [-0.4, -0.2) is 10.9 Å². The molecule has 1 unspecified atom stereocenters. The van der Waals surface area contributed by atoms with E-state index in [-0.39, 0.29) is 16.5 Å². The fourth-order valence-electron chi connectivity index (χ4n) is 4.20. The van der Waals surface area contributed by atoms with Gasteiger partial charge in [0.25, 0.3) is 6.43 Å². The number of hydrogen-bond donors (Lipinski definition) is 1. The Morgan fingerprint density at radius 1 is 1.19 bits per heavy atom. The van der Waals surface area contributed by atoms with E-state index >= 15 is 0 Å². The molecule has 2 heterocycles. The number of benzene rings is 1. The van der Waals surface area contributed by atoms with Gasteiger partial charge in [-0.3, -0.25) is 4.99 Å². The number of amidine groups is 1. The molecule has 1 aromatic heterocycles. The Kier molecular flexibility index (Phi) is 4.39. The van der Waals surface area contributed by atoms with Crippen LogP contribution >= 0.6 is 23.1 Å². The minimum atomic E-state index is -2.45. The van der Waals surface area contributed by atoms with E-state index < -0.39 is 6.43 Å². The Labute approximate surface area is 160 Å². The lowest BCUT2D eigenvalue weighted by Gasteiger charge is -2.49. The van der Waals surface area contributed by atoms with Gasteiger partial charge in [-0.1, -0.05) is 43.8 Å².